The Bertz CT molecular complexity index is 1190. The van der Waals surface area contributed by atoms with E-state index >= 15 is 0 Å². The Hall–Kier alpha value is 0.0664. The number of halogens is 3. The van der Waals surface area contributed by atoms with Crippen molar-refractivity contribution in [3.05, 3.63) is 51.4 Å². The minimum atomic E-state index is -2.04. The minimum absolute atomic E-state index is 0.248. The second-order valence-corrected chi connectivity index (χ2v) is 17.3. The molecule has 0 unspecified atom stereocenters. The Morgan fingerprint density at radius 2 is 1.88 bits per heavy atom. The summed E-state index contributed by atoms with van der Waals surface area (Å²) in [6, 6.07) is 9.77. The van der Waals surface area contributed by atoms with Gasteiger partial charge < -0.3 is 0 Å². The standard InChI is InChI=1S/C19H14BrI2NOSeSi/c1-9-4-6-12-18(14(9)17-15(21)16(22)19(20)25-17)26(2,3)13-8-10(24)5-7-11(13)23-12/h4-8,24H,1H2,2-3H3. The van der Waals surface area contributed by atoms with E-state index in [1.54, 1.807) is 6.07 Å². The van der Waals surface area contributed by atoms with Crippen LogP contribution in [0.2, 0.25) is 13.1 Å². The van der Waals surface area contributed by atoms with E-state index in [-0.39, 0.29) is 14.5 Å². The molecule has 2 aromatic carbocycles. The molecular formula is C19H14BrI2NOSeSi. The van der Waals surface area contributed by atoms with Crippen LogP contribution in [-0.4, -0.2) is 27.7 Å². The number of aromatic hydroxyl groups is 1. The summed E-state index contributed by atoms with van der Waals surface area (Å²) in [6.07, 6.45) is 0. The molecule has 1 aromatic heterocycles. The first-order valence-electron chi connectivity index (χ1n) is 7.90. The van der Waals surface area contributed by atoms with Gasteiger partial charge in [-0.3, -0.25) is 0 Å². The summed E-state index contributed by atoms with van der Waals surface area (Å²) in [6.45, 7) is 9.07. The van der Waals surface area contributed by atoms with Crippen molar-refractivity contribution in [3.8, 4) is 15.8 Å². The third-order valence-electron chi connectivity index (χ3n) is 4.77. The van der Waals surface area contributed by atoms with Crippen LogP contribution in [0.3, 0.4) is 0 Å². The van der Waals surface area contributed by atoms with E-state index in [2.05, 4.69) is 92.9 Å². The topological polar surface area (TPSA) is 32.6 Å². The molecule has 7 heteroatoms. The molecule has 0 atom stereocenters. The van der Waals surface area contributed by atoms with Crippen LogP contribution < -0.4 is 20.9 Å². The van der Waals surface area contributed by atoms with Gasteiger partial charge in [0.25, 0.3) is 0 Å². The van der Waals surface area contributed by atoms with Crippen LogP contribution in [0.1, 0.15) is 0 Å². The summed E-state index contributed by atoms with van der Waals surface area (Å²) in [5.41, 5.74) is 2.27. The van der Waals surface area contributed by atoms with Crippen molar-refractivity contribution in [2.75, 3.05) is 0 Å². The summed E-state index contributed by atoms with van der Waals surface area (Å²) in [7, 11) is -2.04. The number of benzene rings is 2. The number of phenolic OH excluding ortho intramolecular Hbond substituents is 1. The van der Waals surface area contributed by atoms with Crippen LogP contribution in [0, 0.1) is 7.14 Å². The van der Waals surface area contributed by atoms with Gasteiger partial charge in [0.1, 0.15) is 0 Å². The van der Waals surface area contributed by atoms with E-state index in [0.29, 0.717) is 5.75 Å². The fraction of sp³-hybridized carbons (Fsp3) is 0.105. The quantitative estimate of drug-likeness (QED) is 0.304. The third-order valence-corrected chi connectivity index (χ3v) is 17.2. The Morgan fingerprint density at radius 1 is 1.15 bits per heavy atom. The number of nitrogens with zero attached hydrogens (tertiary/aromatic N) is 1. The molecule has 0 spiro atoms. The average Bonchev–Trinajstić information content (AvgIpc) is 2.84. The Balaban J connectivity index is 2.15. The number of hydrogen-bond acceptors (Lipinski definition) is 2. The van der Waals surface area contributed by atoms with E-state index in [4.69, 9.17) is 4.99 Å². The molecule has 0 radical (unpaired) electrons. The zero-order chi connectivity index (χ0) is 18.8. The first kappa shape index (κ1) is 19.4. The van der Waals surface area contributed by atoms with Crippen LogP contribution in [0.15, 0.2) is 38.7 Å². The summed E-state index contributed by atoms with van der Waals surface area (Å²) in [5.74, 6) is 0.313. The van der Waals surface area contributed by atoms with Crippen LogP contribution in [-0.2, 0) is 0 Å². The van der Waals surface area contributed by atoms with Gasteiger partial charge in [-0.2, -0.15) is 0 Å². The number of rotatable bonds is 1. The van der Waals surface area contributed by atoms with E-state index in [0.717, 1.165) is 16.3 Å². The van der Waals surface area contributed by atoms with E-state index in [1.165, 1.54) is 30.9 Å². The van der Waals surface area contributed by atoms with Crippen molar-refractivity contribution in [1.29, 1.82) is 0 Å². The molecule has 2 heterocycles. The molecule has 0 amide bonds. The monoisotopic (exact) mass is 713 g/mol. The van der Waals surface area contributed by atoms with E-state index in [1.807, 2.05) is 12.1 Å². The van der Waals surface area contributed by atoms with Crippen molar-refractivity contribution >= 4 is 106 Å². The fourth-order valence-corrected chi connectivity index (χ4v) is 13.1. The molecule has 1 aliphatic heterocycles. The van der Waals surface area contributed by atoms with Crippen molar-refractivity contribution in [2.24, 2.45) is 4.99 Å². The van der Waals surface area contributed by atoms with Gasteiger partial charge in [0, 0.05) is 0 Å². The number of hydrogen-bond donors (Lipinski definition) is 1. The van der Waals surface area contributed by atoms with E-state index in [9.17, 15) is 5.11 Å². The number of phenols is 1. The normalized spacial score (nSPS) is 14.5. The van der Waals surface area contributed by atoms with Crippen molar-refractivity contribution in [3.63, 3.8) is 0 Å². The average molecular weight is 713 g/mol. The summed E-state index contributed by atoms with van der Waals surface area (Å²) in [5, 5.41) is 14.7. The van der Waals surface area contributed by atoms with Gasteiger partial charge >= 0.3 is 197 Å². The maximum atomic E-state index is 10.1. The van der Waals surface area contributed by atoms with Crippen molar-refractivity contribution in [2.45, 2.75) is 13.1 Å². The molecule has 1 N–H and O–H groups in total. The van der Waals surface area contributed by atoms with Crippen molar-refractivity contribution in [1.82, 2.24) is 0 Å². The van der Waals surface area contributed by atoms with E-state index < -0.39 is 8.07 Å². The molecule has 132 valence electrons. The predicted molar refractivity (Wildman–Crippen MR) is 133 cm³/mol. The SMILES string of the molecule is C=c1ccc2c(c1-c1[se]c(Br)c(I)c1I)[Si](C)(C)c1cc(O)ccc1N=2. The van der Waals surface area contributed by atoms with Gasteiger partial charge in [-0.05, 0) is 0 Å². The second-order valence-electron chi connectivity index (χ2n) is 6.76. The summed E-state index contributed by atoms with van der Waals surface area (Å²) in [4.78, 5) is 4.93. The Labute approximate surface area is 194 Å². The van der Waals surface area contributed by atoms with Gasteiger partial charge in [-0.15, -0.1) is 0 Å². The van der Waals surface area contributed by atoms with Crippen LogP contribution in [0.4, 0.5) is 5.69 Å². The van der Waals surface area contributed by atoms with Crippen LogP contribution >= 0.6 is 61.1 Å². The Kier molecular flexibility index (Phi) is 5.10. The van der Waals surface area contributed by atoms with Gasteiger partial charge in [-0.25, -0.2) is 0 Å². The molecule has 0 saturated carbocycles. The molecule has 3 aromatic rings. The zero-order valence-corrected chi connectivity index (χ0v) is 22.6. The van der Waals surface area contributed by atoms with Gasteiger partial charge in [0.15, 0.2) is 0 Å². The Morgan fingerprint density at radius 3 is 2.54 bits per heavy atom. The third kappa shape index (κ3) is 2.93. The van der Waals surface area contributed by atoms with Crippen LogP contribution in [0.25, 0.3) is 16.6 Å². The molecule has 2 nitrogen and oxygen atoms in total. The van der Waals surface area contributed by atoms with Gasteiger partial charge in [0.05, 0.1) is 0 Å². The fourth-order valence-electron chi connectivity index (χ4n) is 3.53. The first-order chi connectivity index (χ1) is 12.2. The molecule has 26 heavy (non-hydrogen) atoms. The molecule has 4 rings (SSSR count). The number of fused-ring (bicyclic) bond motifs is 2. The van der Waals surface area contributed by atoms with Crippen molar-refractivity contribution < 1.29 is 5.11 Å². The molecule has 1 aliphatic rings. The summed E-state index contributed by atoms with van der Waals surface area (Å²) >= 11 is 8.89. The molecule has 0 bridgehead atoms. The summed E-state index contributed by atoms with van der Waals surface area (Å²) < 4.78 is 5.32. The molecule has 0 saturated heterocycles. The second kappa shape index (κ2) is 6.84. The molecule has 0 fully saturated rings. The molecular weight excluding hydrogens is 699 g/mol. The first-order valence-corrected chi connectivity index (χ1v) is 15.6. The van der Waals surface area contributed by atoms with Crippen LogP contribution in [0.5, 0.6) is 5.75 Å². The zero-order valence-electron chi connectivity index (χ0n) is 14.0. The molecule has 0 aliphatic carbocycles. The maximum absolute atomic E-state index is 10.1. The predicted octanol–water partition coefficient (Wildman–Crippen LogP) is 3.59. The van der Waals surface area contributed by atoms with Gasteiger partial charge in [0.2, 0.25) is 0 Å². The van der Waals surface area contributed by atoms with Gasteiger partial charge in [-0.1, -0.05) is 0 Å².